The number of nitrogens with zero attached hydrogens (tertiary/aromatic N) is 2. The van der Waals surface area contributed by atoms with E-state index >= 15 is 0 Å². The lowest BCUT2D eigenvalue weighted by molar-refractivity contribution is -0.554. The van der Waals surface area contributed by atoms with Crippen LogP contribution >= 0.6 is 0 Å². The zero-order chi connectivity index (χ0) is 14.0. The highest BCUT2D eigenvalue weighted by Gasteiger charge is 2.63. The van der Waals surface area contributed by atoms with E-state index in [-0.39, 0.29) is 6.54 Å². The largest absolute Gasteiger partial charge is 0.464 e. The van der Waals surface area contributed by atoms with Gasteiger partial charge in [-0.2, -0.15) is 0 Å². The molecule has 102 valence electrons. The molecule has 19 heavy (non-hydrogen) atoms. The van der Waals surface area contributed by atoms with Gasteiger partial charge >= 0.3 is 11.5 Å². The molecule has 1 aliphatic heterocycles. The molecule has 1 heterocycles. The smallest absolute Gasteiger partial charge is 0.386 e. The molecule has 0 unspecified atom stereocenters. The number of likely N-dealkylation sites (tertiary alicyclic amines) is 1. The Morgan fingerprint density at radius 1 is 1.47 bits per heavy atom. The maximum absolute atomic E-state index is 12.0. The maximum atomic E-state index is 12.0. The number of methoxy groups -OCH3 is 1. The summed E-state index contributed by atoms with van der Waals surface area (Å²) < 4.78 is 4.69. The van der Waals surface area contributed by atoms with Crippen LogP contribution in [0.4, 0.5) is 0 Å². The monoisotopic (exact) mass is 264 g/mol. The first-order valence-electron chi connectivity index (χ1n) is 5.98. The molecule has 0 aliphatic carbocycles. The van der Waals surface area contributed by atoms with Crippen LogP contribution in [-0.2, 0) is 9.53 Å². The molecule has 0 aromatic heterocycles. The topological polar surface area (TPSA) is 72.7 Å². The first-order chi connectivity index (χ1) is 9.02. The molecule has 1 aromatic carbocycles. The average Bonchev–Trinajstić information content (AvgIpc) is 2.77. The predicted molar refractivity (Wildman–Crippen MR) is 68.4 cm³/mol. The highest BCUT2D eigenvalue weighted by atomic mass is 16.6. The second kappa shape index (κ2) is 4.97. The Hall–Kier alpha value is -1.95. The summed E-state index contributed by atoms with van der Waals surface area (Å²) >= 11 is 0. The lowest BCUT2D eigenvalue weighted by Crippen LogP contribution is -2.52. The second-order valence-electron chi connectivity index (χ2n) is 4.83. The lowest BCUT2D eigenvalue weighted by atomic mass is 9.82. The number of ether oxygens (including phenoxy) is 1. The Bertz CT molecular complexity index is 491. The van der Waals surface area contributed by atoms with E-state index in [1.807, 2.05) is 30.3 Å². The van der Waals surface area contributed by atoms with E-state index in [0.717, 1.165) is 5.56 Å². The van der Waals surface area contributed by atoms with Crippen LogP contribution < -0.4 is 0 Å². The number of carbonyl (C=O) groups is 1. The van der Waals surface area contributed by atoms with Gasteiger partial charge in [0.1, 0.15) is 0 Å². The molecule has 1 aromatic rings. The van der Waals surface area contributed by atoms with E-state index in [4.69, 9.17) is 4.74 Å². The van der Waals surface area contributed by atoms with E-state index in [0.29, 0.717) is 6.54 Å². The van der Waals surface area contributed by atoms with E-state index < -0.39 is 22.3 Å². The highest BCUT2D eigenvalue weighted by Crippen LogP contribution is 2.38. The Morgan fingerprint density at radius 2 is 2.11 bits per heavy atom. The maximum Gasteiger partial charge on any atom is 0.386 e. The molecule has 0 bridgehead atoms. The summed E-state index contributed by atoms with van der Waals surface area (Å²) in [6, 6.07) is 9.09. The molecule has 1 aliphatic rings. The van der Waals surface area contributed by atoms with Crippen molar-refractivity contribution in [3.63, 3.8) is 0 Å². The predicted octanol–water partition coefficient (Wildman–Crippen LogP) is 0.904. The van der Waals surface area contributed by atoms with Gasteiger partial charge in [-0.25, -0.2) is 4.79 Å². The highest BCUT2D eigenvalue weighted by molar-refractivity contribution is 5.81. The first kappa shape index (κ1) is 13.5. The molecule has 0 N–H and O–H groups in total. The molecule has 6 nitrogen and oxygen atoms in total. The minimum Gasteiger partial charge on any atom is -0.464 e. The number of hydrogen-bond acceptors (Lipinski definition) is 5. The van der Waals surface area contributed by atoms with E-state index in [1.165, 1.54) is 7.11 Å². The zero-order valence-electron chi connectivity index (χ0n) is 10.9. The van der Waals surface area contributed by atoms with Crippen LogP contribution in [0, 0.1) is 10.1 Å². The molecule has 0 radical (unpaired) electrons. The molecule has 0 saturated carbocycles. The molecule has 2 rings (SSSR count). The third-order valence-electron chi connectivity index (χ3n) is 3.65. The van der Waals surface area contributed by atoms with Gasteiger partial charge in [0.2, 0.25) is 0 Å². The van der Waals surface area contributed by atoms with Crippen LogP contribution in [0.5, 0.6) is 0 Å². The summed E-state index contributed by atoms with van der Waals surface area (Å²) in [6.45, 7) is 0.520. The van der Waals surface area contributed by atoms with Gasteiger partial charge in [0.05, 0.1) is 19.6 Å². The molecule has 2 atom stereocenters. The number of likely N-dealkylation sites (N-methyl/N-ethyl adjacent to an activating group) is 1. The van der Waals surface area contributed by atoms with Crippen molar-refractivity contribution in [2.45, 2.75) is 11.5 Å². The SMILES string of the molecule is COC(=O)[C@]1([N+](=O)[O-])CN(C)C[C@@H]1c1ccccc1. The third-order valence-corrected chi connectivity index (χ3v) is 3.65. The van der Waals surface area contributed by atoms with Crippen LogP contribution in [0.2, 0.25) is 0 Å². The van der Waals surface area contributed by atoms with Crippen LogP contribution in [0.3, 0.4) is 0 Å². The van der Waals surface area contributed by atoms with Gasteiger partial charge in [0.15, 0.2) is 0 Å². The van der Waals surface area contributed by atoms with Crippen LogP contribution in [0.15, 0.2) is 30.3 Å². The van der Waals surface area contributed by atoms with Crippen LogP contribution in [0.25, 0.3) is 0 Å². The zero-order valence-corrected chi connectivity index (χ0v) is 10.9. The second-order valence-corrected chi connectivity index (χ2v) is 4.83. The van der Waals surface area contributed by atoms with E-state index in [9.17, 15) is 14.9 Å². The summed E-state index contributed by atoms with van der Waals surface area (Å²) in [5.74, 6) is -1.28. The molecule has 0 amide bonds. The quantitative estimate of drug-likeness (QED) is 0.461. The van der Waals surface area contributed by atoms with Crippen LogP contribution in [0.1, 0.15) is 11.5 Å². The van der Waals surface area contributed by atoms with Crippen molar-refractivity contribution in [3.05, 3.63) is 46.0 Å². The molecular formula is C13H16N2O4. The molecule has 0 spiro atoms. The van der Waals surface area contributed by atoms with Crippen LogP contribution in [-0.4, -0.2) is 48.6 Å². The number of nitro groups is 1. The molecule has 1 fully saturated rings. The minimum absolute atomic E-state index is 0.0617. The Labute approximate surface area is 111 Å². The Balaban J connectivity index is 2.51. The fourth-order valence-electron chi connectivity index (χ4n) is 2.76. The minimum atomic E-state index is -1.72. The molecular weight excluding hydrogens is 248 g/mol. The summed E-state index contributed by atoms with van der Waals surface area (Å²) in [6.07, 6.45) is 0. The van der Waals surface area contributed by atoms with Crippen molar-refractivity contribution < 1.29 is 14.5 Å². The van der Waals surface area contributed by atoms with Crippen molar-refractivity contribution in [1.82, 2.24) is 4.90 Å². The van der Waals surface area contributed by atoms with Gasteiger partial charge in [0, 0.05) is 11.5 Å². The number of rotatable bonds is 3. The van der Waals surface area contributed by atoms with Crippen molar-refractivity contribution in [3.8, 4) is 0 Å². The Kier molecular flexibility index (Phi) is 3.53. The van der Waals surface area contributed by atoms with Gasteiger partial charge in [-0.3, -0.25) is 15.0 Å². The summed E-state index contributed by atoms with van der Waals surface area (Å²) in [5.41, 5.74) is -0.931. The standard InChI is InChI=1S/C13H16N2O4/c1-14-8-11(10-6-4-3-5-7-10)13(9-14,15(17)18)12(16)19-2/h3-7,11H,8-9H2,1-2H3/t11-,13+/m1/s1. The van der Waals surface area contributed by atoms with Gasteiger partial charge < -0.3 is 4.74 Å². The van der Waals surface area contributed by atoms with Crippen molar-refractivity contribution in [2.75, 3.05) is 27.2 Å². The number of hydrogen-bond donors (Lipinski definition) is 0. The normalized spacial score (nSPS) is 27.2. The fraction of sp³-hybridized carbons (Fsp3) is 0.462. The number of esters is 1. The average molecular weight is 264 g/mol. The van der Waals surface area contributed by atoms with Gasteiger partial charge in [-0.05, 0) is 12.6 Å². The molecule has 1 saturated heterocycles. The van der Waals surface area contributed by atoms with Gasteiger partial charge in [-0.15, -0.1) is 0 Å². The lowest BCUT2D eigenvalue weighted by Gasteiger charge is -2.23. The summed E-state index contributed by atoms with van der Waals surface area (Å²) in [7, 11) is 2.96. The van der Waals surface area contributed by atoms with E-state index in [2.05, 4.69) is 0 Å². The number of benzene rings is 1. The Morgan fingerprint density at radius 3 is 2.63 bits per heavy atom. The fourth-order valence-corrected chi connectivity index (χ4v) is 2.76. The van der Waals surface area contributed by atoms with Gasteiger partial charge in [0.25, 0.3) is 0 Å². The van der Waals surface area contributed by atoms with E-state index in [1.54, 1.807) is 11.9 Å². The summed E-state index contributed by atoms with van der Waals surface area (Å²) in [5, 5.41) is 11.5. The van der Waals surface area contributed by atoms with Crippen molar-refractivity contribution in [2.24, 2.45) is 0 Å². The van der Waals surface area contributed by atoms with Gasteiger partial charge in [-0.1, -0.05) is 30.3 Å². The third kappa shape index (κ3) is 2.08. The molecule has 6 heteroatoms. The summed E-state index contributed by atoms with van der Waals surface area (Å²) in [4.78, 5) is 24.8. The van der Waals surface area contributed by atoms with Crippen molar-refractivity contribution in [1.29, 1.82) is 0 Å². The first-order valence-corrected chi connectivity index (χ1v) is 5.98. The number of carbonyl (C=O) groups excluding carboxylic acids is 1. The van der Waals surface area contributed by atoms with Crippen molar-refractivity contribution >= 4 is 5.97 Å².